The molecule has 0 unspecified atom stereocenters. The molecule has 0 bridgehead atoms. The van der Waals surface area contributed by atoms with Crippen molar-refractivity contribution in [2.45, 2.75) is 0 Å². The van der Waals surface area contributed by atoms with E-state index in [-0.39, 0.29) is 6.79 Å². The van der Waals surface area contributed by atoms with E-state index in [9.17, 15) is 4.79 Å². The van der Waals surface area contributed by atoms with E-state index < -0.39 is 5.97 Å². The van der Waals surface area contributed by atoms with Gasteiger partial charge in [0.05, 0.1) is 6.61 Å². The predicted molar refractivity (Wildman–Crippen MR) is 89.4 cm³/mol. The lowest BCUT2D eigenvalue weighted by atomic mass is 10.1. The van der Waals surface area contributed by atoms with Crippen molar-refractivity contribution in [3.05, 3.63) is 73.8 Å². The first-order valence-corrected chi connectivity index (χ1v) is 7.09. The molecule has 0 amide bonds. The molecule has 23 heavy (non-hydrogen) atoms. The lowest BCUT2D eigenvalue weighted by molar-refractivity contribution is -0.128. The highest BCUT2D eigenvalue weighted by atomic mass is 16.7. The van der Waals surface area contributed by atoms with Gasteiger partial charge in [0.1, 0.15) is 11.5 Å². The highest BCUT2D eigenvalue weighted by Crippen LogP contribution is 2.24. The number of esters is 1. The van der Waals surface area contributed by atoms with Crippen LogP contribution in [0.2, 0.25) is 0 Å². The molecule has 0 aliphatic heterocycles. The van der Waals surface area contributed by atoms with Crippen LogP contribution in [0.3, 0.4) is 0 Å². The Kier molecular flexibility index (Phi) is 6.15. The molecule has 2 rings (SSSR count). The van der Waals surface area contributed by atoms with Gasteiger partial charge in [0.25, 0.3) is 0 Å². The summed E-state index contributed by atoms with van der Waals surface area (Å²) in [6.45, 7) is 7.57. The molecular weight excluding hydrogens is 292 g/mol. The minimum Gasteiger partial charge on any atom is -0.468 e. The fourth-order valence-electron chi connectivity index (χ4n) is 1.86. The molecule has 2 aromatic rings. The number of carbonyl (C=O) groups excluding carboxylic acids is 1. The van der Waals surface area contributed by atoms with Gasteiger partial charge >= 0.3 is 5.97 Å². The van der Waals surface area contributed by atoms with Crippen LogP contribution in [0.4, 0.5) is 0 Å². The van der Waals surface area contributed by atoms with E-state index in [1.54, 1.807) is 18.2 Å². The van der Waals surface area contributed by atoms with E-state index in [1.165, 1.54) is 0 Å². The van der Waals surface area contributed by atoms with Gasteiger partial charge in [-0.15, -0.1) is 6.58 Å². The van der Waals surface area contributed by atoms with Crippen molar-refractivity contribution in [1.82, 2.24) is 0 Å². The monoisotopic (exact) mass is 310 g/mol. The first-order valence-electron chi connectivity index (χ1n) is 7.09. The Bertz CT molecular complexity index is 657. The summed E-state index contributed by atoms with van der Waals surface area (Å²) in [5.41, 5.74) is 2.05. The summed E-state index contributed by atoms with van der Waals surface area (Å²) in [5.74, 6) is 0.741. The number of ether oxygens (including phenoxy) is 3. The molecule has 0 heterocycles. The number of hydrogen-bond donors (Lipinski definition) is 0. The van der Waals surface area contributed by atoms with E-state index in [1.807, 2.05) is 36.4 Å². The molecule has 0 radical (unpaired) electrons. The van der Waals surface area contributed by atoms with Crippen LogP contribution in [0.5, 0.6) is 11.5 Å². The van der Waals surface area contributed by atoms with E-state index in [0.29, 0.717) is 12.4 Å². The molecule has 118 valence electrons. The second-order valence-corrected chi connectivity index (χ2v) is 4.60. The van der Waals surface area contributed by atoms with Gasteiger partial charge in [-0.05, 0) is 35.4 Å². The molecule has 0 aromatic heterocycles. The molecule has 0 saturated carbocycles. The summed E-state index contributed by atoms with van der Waals surface area (Å²) < 4.78 is 15.6. The summed E-state index contributed by atoms with van der Waals surface area (Å²) in [5, 5.41) is 0. The average Bonchev–Trinajstić information content (AvgIpc) is 2.60. The van der Waals surface area contributed by atoms with Crippen LogP contribution < -0.4 is 9.47 Å². The zero-order valence-corrected chi connectivity index (χ0v) is 12.7. The highest BCUT2D eigenvalue weighted by molar-refractivity contribution is 5.83. The molecule has 0 aliphatic carbocycles. The van der Waals surface area contributed by atoms with Gasteiger partial charge in [0.2, 0.25) is 0 Å². The molecule has 4 nitrogen and oxygen atoms in total. The fraction of sp³-hybridized carbons (Fsp3) is 0.105. The fourth-order valence-corrected chi connectivity index (χ4v) is 1.86. The maximum absolute atomic E-state index is 11.1. The normalized spacial score (nSPS) is 9.91. The average molecular weight is 310 g/mol. The maximum atomic E-state index is 11.1. The summed E-state index contributed by atoms with van der Waals surface area (Å²) in [6.07, 6.45) is 2.80. The molecule has 2 aromatic carbocycles. The van der Waals surface area contributed by atoms with Crippen molar-refractivity contribution in [2.24, 2.45) is 0 Å². The third-order valence-corrected chi connectivity index (χ3v) is 2.97. The van der Waals surface area contributed by atoms with Gasteiger partial charge in [0.15, 0.2) is 6.79 Å². The Morgan fingerprint density at radius 3 is 2.00 bits per heavy atom. The highest BCUT2D eigenvalue weighted by Gasteiger charge is 2.02. The molecule has 0 N–H and O–H groups in total. The molecule has 4 heteroatoms. The Hall–Kier alpha value is -2.85. The van der Waals surface area contributed by atoms with Crippen molar-refractivity contribution in [2.75, 3.05) is 13.4 Å². The van der Waals surface area contributed by atoms with Crippen LogP contribution in [0, 0.1) is 0 Å². The topological polar surface area (TPSA) is 44.8 Å². The third-order valence-electron chi connectivity index (χ3n) is 2.97. The second kappa shape index (κ2) is 8.56. The summed E-state index contributed by atoms with van der Waals surface area (Å²) >= 11 is 0. The Morgan fingerprint density at radius 1 is 0.913 bits per heavy atom. The minimum atomic E-state index is -0.474. The van der Waals surface area contributed by atoms with Crippen LogP contribution in [-0.4, -0.2) is 19.4 Å². The van der Waals surface area contributed by atoms with Crippen LogP contribution in [0.25, 0.3) is 11.1 Å². The van der Waals surface area contributed by atoms with Crippen molar-refractivity contribution in [3.63, 3.8) is 0 Å². The Morgan fingerprint density at radius 2 is 1.48 bits per heavy atom. The first-order chi connectivity index (χ1) is 11.2. The van der Waals surface area contributed by atoms with Gasteiger partial charge in [-0.3, -0.25) is 0 Å². The van der Waals surface area contributed by atoms with Crippen molar-refractivity contribution >= 4 is 5.97 Å². The number of carbonyl (C=O) groups is 1. The molecule has 0 saturated heterocycles. The predicted octanol–water partition coefficient (Wildman–Crippen LogP) is 3.98. The van der Waals surface area contributed by atoms with E-state index in [0.717, 1.165) is 23.0 Å². The zero-order valence-electron chi connectivity index (χ0n) is 12.7. The van der Waals surface area contributed by atoms with E-state index >= 15 is 0 Å². The molecule has 0 fully saturated rings. The van der Waals surface area contributed by atoms with Crippen molar-refractivity contribution < 1.29 is 19.0 Å². The summed E-state index contributed by atoms with van der Waals surface area (Å²) in [6, 6.07) is 14.9. The lowest BCUT2D eigenvalue weighted by Gasteiger charge is -2.08. The lowest BCUT2D eigenvalue weighted by Crippen LogP contribution is -2.02. The van der Waals surface area contributed by atoms with Crippen molar-refractivity contribution in [1.29, 1.82) is 0 Å². The van der Waals surface area contributed by atoms with Gasteiger partial charge < -0.3 is 14.2 Å². The van der Waals surface area contributed by atoms with Gasteiger partial charge in [-0.25, -0.2) is 4.79 Å². The quantitative estimate of drug-likeness (QED) is 0.185. The Labute approximate surface area is 135 Å². The Balaban J connectivity index is 1.97. The van der Waals surface area contributed by atoms with Gasteiger partial charge in [-0.2, -0.15) is 0 Å². The maximum Gasteiger partial charge on any atom is 0.335 e. The van der Waals surface area contributed by atoms with Gasteiger partial charge in [-0.1, -0.05) is 36.9 Å². The number of rotatable bonds is 8. The van der Waals surface area contributed by atoms with Crippen LogP contribution in [0.15, 0.2) is 73.8 Å². The molecule has 0 spiro atoms. The number of benzene rings is 2. The molecule has 0 atom stereocenters. The zero-order chi connectivity index (χ0) is 16.5. The standard InChI is InChI=1S/C19H18O4/c1-3-13-21-14-22-17-9-5-15(6-10-17)16-7-11-18(12-8-16)23-19(20)4-2/h3-12H,1-2,13-14H2. The SMILES string of the molecule is C=CCOCOc1ccc(-c2ccc(OC(=O)C=C)cc2)cc1. The van der Waals surface area contributed by atoms with Gasteiger partial charge in [0, 0.05) is 6.08 Å². The largest absolute Gasteiger partial charge is 0.468 e. The summed E-state index contributed by atoms with van der Waals surface area (Å²) in [7, 11) is 0. The van der Waals surface area contributed by atoms with Crippen LogP contribution >= 0.6 is 0 Å². The third kappa shape index (κ3) is 5.13. The van der Waals surface area contributed by atoms with Crippen LogP contribution in [-0.2, 0) is 9.53 Å². The summed E-state index contributed by atoms with van der Waals surface area (Å²) in [4.78, 5) is 11.1. The molecular formula is C19H18O4. The number of hydrogen-bond acceptors (Lipinski definition) is 4. The first kappa shape index (κ1) is 16.5. The van der Waals surface area contributed by atoms with Crippen molar-refractivity contribution in [3.8, 4) is 22.6 Å². The minimum absolute atomic E-state index is 0.189. The van der Waals surface area contributed by atoms with E-state index in [2.05, 4.69) is 13.2 Å². The molecule has 0 aliphatic rings. The van der Waals surface area contributed by atoms with Crippen LogP contribution in [0.1, 0.15) is 0 Å². The van der Waals surface area contributed by atoms with E-state index in [4.69, 9.17) is 14.2 Å². The second-order valence-electron chi connectivity index (χ2n) is 4.60. The smallest absolute Gasteiger partial charge is 0.335 e.